The highest BCUT2D eigenvalue weighted by molar-refractivity contribution is 9.10. The molecule has 1 saturated heterocycles. The van der Waals surface area contributed by atoms with Gasteiger partial charge in [0.15, 0.2) is 5.13 Å². The Morgan fingerprint density at radius 3 is 2.50 bits per heavy atom. The molecule has 1 atom stereocenters. The van der Waals surface area contributed by atoms with E-state index in [0.29, 0.717) is 28.6 Å². The van der Waals surface area contributed by atoms with Crippen LogP contribution in [-0.2, 0) is 16.2 Å². The van der Waals surface area contributed by atoms with Gasteiger partial charge in [-0.25, -0.2) is 4.98 Å². The van der Waals surface area contributed by atoms with Crippen molar-refractivity contribution < 1.29 is 19.4 Å². The Kier molecular flexibility index (Phi) is 6.71. The number of Topliss-reactive ketones (excluding diaryl/α,β-unsaturated/α-hetero) is 1. The van der Waals surface area contributed by atoms with E-state index >= 15 is 0 Å². The standard InChI is InChI=1S/C28H21BrN2O4S/c1-17-3-2-4-18(15-17)16-35-22-11-7-20(8-12-22)25(32)23-24(19-5-9-21(29)10-6-19)31(27(34)26(23)33)28-30-13-14-36-28/h2-15,24,32H,16H2,1H3/b25-23+. The predicted molar refractivity (Wildman–Crippen MR) is 143 cm³/mol. The van der Waals surface area contributed by atoms with E-state index in [2.05, 4.69) is 27.0 Å². The average Bonchev–Trinajstić information content (AvgIpc) is 3.50. The van der Waals surface area contributed by atoms with Crippen LogP contribution in [0.1, 0.15) is 28.3 Å². The number of hydrogen-bond donors (Lipinski definition) is 1. The van der Waals surface area contributed by atoms with Gasteiger partial charge in [0.1, 0.15) is 18.1 Å². The molecule has 0 saturated carbocycles. The maximum atomic E-state index is 13.2. The van der Waals surface area contributed by atoms with E-state index in [-0.39, 0.29) is 11.3 Å². The van der Waals surface area contributed by atoms with Crippen molar-refractivity contribution in [2.45, 2.75) is 19.6 Å². The molecule has 36 heavy (non-hydrogen) atoms. The molecule has 1 aliphatic heterocycles. The zero-order valence-corrected chi connectivity index (χ0v) is 21.6. The van der Waals surface area contributed by atoms with Gasteiger partial charge in [-0.1, -0.05) is 57.9 Å². The molecular formula is C28H21BrN2O4S. The van der Waals surface area contributed by atoms with Crippen LogP contribution in [0.5, 0.6) is 5.75 Å². The van der Waals surface area contributed by atoms with E-state index in [1.165, 1.54) is 16.2 Å². The van der Waals surface area contributed by atoms with Gasteiger partial charge >= 0.3 is 5.91 Å². The third kappa shape index (κ3) is 4.69. The highest BCUT2D eigenvalue weighted by Crippen LogP contribution is 2.43. The van der Waals surface area contributed by atoms with Gasteiger partial charge in [0.25, 0.3) is 5.78 Å². The first kappa shape index (κ1) is 24.0. The monoisotopic (exact) mass is 560 g/mol. The van der Waals surface area contributed by atoms with Gasteiger partial charge in [0.05, 0.1) is 11.6 Å². The van der Waals surface area contributed by atoms with Crippen molar-refractivity contribution in [3.63, 3.8) is 0 Å². The smallest absolute Gasteiger partial charge is 0.301 e. The summed E-state index contributed by atoms with van der Waals surface area (Å²) < 4.78 is 6.73. The molecule has 5 rings (SSSR count). The zero-order valence-electron chi connectivity index (χ0n) is 19.2. The number of aryl methyl sites for hydroxylation is 1. The highest BCUT2D eigenvalue weighted by atomic mass is 79.9. The Morgan fingerprint density at radius 2 is 1.83 bits per heavy atom. The molecule has 0 aliphatic carbocycles. The van der Waals surface area contributed by atoms with Crippen LogP contribution in [0.15, 0.2) is 94.4 Å². The topological polar surface area (TPSA) is 79.7 Å². The van der Waals surface area contributed by atoms with Gasteiger partial charge in [-0.2, -0.15) is 0 Å². The number of ether oxygens (including phenoxy) is 1. The van der Waals surface area contributed by atoms with Gasteiger partial charge in [-0.3, -0.25) is 14.5 Å². The van der Waals surface area contributed by atoms with Crippen molar-refractivity contribution in [2.24, 2.45) is 0 Å². The second-order valence-electron chi connectivity index (χ2n) is 8.34. The van der Waals surface area contributed by atoms with E-state index in [0.717, 1.165) is 15.6 Å². The number of anilines is 1. The third-order valence-electron chi connectivity index (χ3n) is 5.87. The zero-order chi connectivity index (χ0) is 25.2. The van der Waals surface area contributed by atoms with Crippen LogP contribution in [0, 0.1) is 6.92 Å². The number of aliphatic hydroxyl groups is 1. The van der Waals surface area contributed by atoms with E-state index < -0.39 is 17.7 Å². The number of aromatic nitrogens is 1. The predicted octanol–water partition coefficient (Wildman–Crippen LogP) is 6.42. The Balaban J connectivity index is 1.48. The van der Waals surface area contributed by atoms with Crippen LogP contribution in [0.2, 0.25) is 0 Å². The van der Waals surface area contributed by atoms with Crippen LogP contribution in [0.3, 0.4) is 0 Å². The van der Waals surface area contributed by atoms with E-state index in [4.69, 9.17) is 4.74 Å². The lowest BCUT2D eigenvalue weighted by atomic mass is 9.95. The molecule has 2 heterocycles. The number of aliphatic hydroxyl groups excluding tert-OH is 1. The molecule has 4 aromatic rings. The lowest BCUT2D eigenvalue weighted by Gasteiger charge is -2.23. The second kappa shape index (κ2) is 10.1. The first-order chi connectivity index (χ1) is 17.4. The van der Waals surface area contributed by atoms with Crippen molar-refractivity contribution in [1.29, 1.82) is 0 Å². The molecule has 0 spiro atoms. The molecule has 8 heteroatoms. The molecule has 1 fully saturated rings. The van der Waals surface area contributed by atoms with Gasteiger partial charge in [-0.05, 0) is 54.4 Å². The molecule has 3 aromatic carbocycles. The van der Waals surface area contributed by atoms with Crippen LogP contribution in [-0.4, -0.2) is 21.8 Å². The second-order valence-corrected chi connectivity index (χ2v) is 10.1. The number of rotatable bonds is 6. The summed E-state index contributed by atoms with van der Waals surface area (Å²) in [5.74, 6) is -1.10. The highest BCUT2D eigenvalue weighted by Gasteiger charge is 2.47. The summed E-state index contributed by atoms with van der Waals surface area (Å²) in [6.45, 7) is 2.44. The van der Waals surface area contributed by atoms with Crippen molar-refractivity contribution in [1.82, 2.24) is 4.98 Å². The first-order valence-electron chi connectivity index (χ1n) is 11.2. The SMILES string of the molecule is Cc1cccc(COc2ccc(/C(O)=C3\C(=O)C(=O)N(c4nccs4)C3c3ccc(Br)cc3)cc2)c1. The van der Waals surface area contributed by atoms with Crippen molar-refractivity contribution >= 4 is 49.8 Å². The number of amides is 1. The lowest BCUT2D eigenvalue weighted by molar-refractivity contribution is -0.132. The molecule has 1 aromatic heterocycles. The van der Waals surface area contributed by atoms with Crippen molar-refractivity contribution in [3.05, 3.63) is 117 Å². The van der Waals surface area contributed by atoms with E-state index in [1.807, 2.05) is 49.4 Å². The number of ketones is 1. The summed E-state index contributed by atoms with van der Waals surface area (Å²) >= 11 is 4.67. The number of carbonyl (C=O) groups is 2. The maximum absolute atomic E-state index is 13.2. The summed E-state index contributed by atoms with van der Waals surface area (Å²) in [6.07, 6.45) is 1.58. The van der Waals surface area contributed by atoms with E-state index in [9.17, 15) is 14.7 Å². The number of nitrogens with zero attached hydrogens (tertiary/aromatic N) is 2. The van der Waals surface area contributed by atoms with Gasteiger partial charge in [0, 0.05) is 21.6 Å². The van der Waals surface area contributed by atoms with Crippen LogP contribution < -0.4 is 9.64 Å². The molecule has 1 unspecified atom stereocenters. The number of carbonyl (C=O) groups excluding carboxylic acids is 2. The normalized spacial score (nSPS) is 16.9. The molecule has 1 N–H and O–H groups in total. The fraction of sp³-hybridized carbons (Fsp3) is 0.107. The van der Waals surface area contributed by atoms with E-state index in [1.54, 1.807) is 35.8 Å². The summed E-state index contributed by atoms with van der Waals surface area (Å²) in [6, 6.07) is 21.4. The Hall–Kier alpha value is -3.75. The largest absolute Gasteiger partial charge is 0.507 e. The Labute approximate surface area is 220 Å². The molecule has 6 nitrogen and oxygen atoms in total. The lowest BCUT2D eigenvalue weighted by Crippen LogP contribution is -2.29. The third-order valence-corrected chi connectivity index (χ3v) is 7.17. The van der Waals surface area contributed by atoms with Crippen molar-refractivity contribution in [2.75, 3.05) is 4.90 Å². The minimum atomic E-state index is -0.804. The Bertz CT molecular complexity index is 1450. The summed E-state index contributed by atoms with van der Waals surface area (Å²) in [5.41, 5.74) is 3.33. The Morgan fingerprint density at radius 1 is 1.08 bits per heavy atom. The van der Waals surface area contributed by atoms with Crippen molar-refractivity contribution in [3.8, 4) is 5.75 Å². The van der Waals surface area contributed by atoms with Gasteiger partial charge < -0.3 is 9.84 Å². The minimum Gasteiger partial charge on any atom is -0.507 e. The number of benzene rings is 3. The fourth-order valence-electron chi connectivity index (χ4n) is 4.16. The molecule has 1 aliphatic rings. The molecule has 1 amide bonds. The van der Waals surface area contributed by atoms with Crippen LogP contribution >= 0.6 is 27.3 Å². The number of halogens is 1. The number of thiazole rings is 1. The quantitative estimate of drug-likeness (QED) is 0.167. The average molecular weight is 561 g/mol. The fourth-order valence-corrected chi connectivity index (χ4v) is 5.09. The first-order valence-corrected chi connectivity index (χ1v) is 12.8. The minimum absolute atomic E-state index is 0.0194. The summed E-state index contributed by atoms with van der Waals surface area (Å²) in [5, 5.41) is 13.4. The summed E-state index contributed by atoms with van der Waals surface area (Å²) in [4.78, 5) is 31.8. The van der Waals surface area contributed by atoms with Crippen LogP contribution in [0.4, 0.5) is 5.13 Å². The summed E-state index contributed by atoms with van der Waals surface area (Å²) in [7, 11) is 0. The van der Waals surface area contributed by atoms with Gasteiger partial charge in [0.2, 0.25) is 0 Å². The molecule has 0 radical (unpaired) electrons. The molecular weight excluding hydrogens is 540 g/mol. The number of hydrogen-bond acceptors (Lipinski definition) is 6. The van der Waals surface area contributed by atoms with Gasteiger partial charge in [-0.15, -0.1) is 11.3 Å². The maximum Gasteiger partial charge on any atom is 0.301 e. The molecule has 0 bridgehead atoms. The molecule has 180 valence electrons. The van der Waals surface area contributed by atoms with Crippen LogP contribution in [0.25, 0.3) is 5.76 Å².